The molecule has 180 valence electrons. The van der Waals surface area contributed by atoms with E-state index in [4.69, 9.17) is 14.2 Å². The number of ether oxygens (including phenoxy) is 3. The highest BCUT2D eigenvalue weighted by Gasteiger charge is 2.50. The summed E-state index contributed by atoms with van der Waals surface area (Å²) in [5, 5.41) is 23.3. The fourth-order valence-electron chi connectivity index (χ4n) is 4.86. The van der Waals surface area contributed by atoms with E-state index in [0.717, 1.165) is 18.4 Å². The number of amides is 2. The Hall–Kier alpha value is -2.46. The van der Waals surface area contributed by atoms with E-state index in [9.17, 15) is 19.8 Å². The van der Waals surface area contributed by atoms with Gasteiger partial charge in [-0.1, -0.05) is 18.2 Å². The molecule has 1 aromatic carbocycles. The molecule has 2 amide bonds. The molecule has 3 aliphatic rings. The maximum Gasteiger partial charge on any atom is 0.249 e. The van der Waals surface area contributed by atoms with Crippen LogP contribution in [-0.4, -0.2) is 90.8 Å². The topological polar surface area (TPSA) is 118 Å². The van der Waals surface area contributed by atoms with Gasteiger partial charge in [0, 0.05) is 37.4 Å². The lowest BCUT2D eigenvalue weighted by Gasteiger charge is -2.41. The Morgan fingerprint density at radius 2 is 2.12 bits per heavy atom. The second-order valence-corrected chi connectivity index (χ2v) is 8.50. The monoisotopic (exact) mass is 460 g/mol. The first-order chi connectivity index (χ1) is 16.0. The van der Waals surface area contributed by atoms with Crippen LogP contribution in [0.2, 0.25) is 0 Å². The van der Waals surface area contributed by atoms with E-state index in [1.807, 2.05) is 31.2 Å². The molecule has 9 heteroatoms. The summed E-state index contributed by atoms with van der Waals surface area (Å²) in [6.07, 6.45) is 1.50. The fourth-order valence-corrected chi connectivity index (χ4v) is 4.86. The highest BCUT2D eigenvalue weighted by atomic mass is 16.5. The molecule has 3 N–H and O–H groups in total. The van der Waals surface area contributed by atoms with Crippen LogP contribution in [0, 0.1) is 0 Å². The minimum absolute atomic E-state index is 0.103. The van der Waals surface area contributed by atoms with E-state index in [1.54, 1.807) is 11.0 Å². The van der Waals surface area contributed by atoms with Crippen LogP contribution in [-0.2, 0) is 19.1 Å². The standard InChI is InChI=1S/C24H32N2O7/c1-2-31-14-20(28)26(13-15-6-5-11-32-15)18-12-17(24(30)25-9-10-27)21-16-7-3-4-8-19(16)33-23(21)22(18)29/h3-4,7-8,12,15,18,21-23,27,29H,2,5-6,9-11,13-14H2,1H3,(H,25,30)/t15-,18+,21-,22-,23-/m0/s1. The van der Waals surface area contributed by atoms with Gasteiger partial charge in [-0.25, -0.2) is 0 Å². The van der Waals surface area contributed by atoms with Crippen molar-refractivity contribution < 1.29 is 34.0 Å². The van der Waals surface area contributed by atoms with Crippen LogP contribution >= 0.6 is 0 Å². The Labute approximate surface area is 193 Å². The summed E-state index contributed by atoms with van der Waals surface area (Å²) >= 11 is 0. The largest absolute Gasteiger partial charge is 0.486 e. The average molecular weight is 461 g/mol. The maximum atomic E-state index is 13.1. The molecule has 0 unspecified atom stereocenters. The number of nitrogens with zero attached hydrogens (tertiary/aromatic N) is 1. The Morgan fingerprint density at radius 1 is 1.30 bits per heavy atom. The van der Waals surface area contributed by atoms with Gasteiger partial charge in [-0.2, -0.15) is 0 Å². The van der Waals surface area contributed by atoms with Crippen molar-refractivity contribution in [2.45, 2.75) is 50.0 Å². The predicted octanol–water partition coefficient (Wildman–Crippen LogP) is 0.353. The van der Waals surface area contributed by atoms with Gasteiger partial charge in [-0.15, -0.1) is 0 Å². The highest BCUT2D eigenvalue weighted by Crippen LogP contribution is 2.47. The van der Waals surface area contributed by atoms with Gasteiger partial charge in [-0.05, 0) is 31.9 Å². The van der Waals surface area contributed by atoms with Gasteiger partial charge in [0.2, 0.25) is 11.8 Å². The molecule has 5 atom stereocenters. The van der Waals surface area contributed by atoms with Gasteiger partial charge in [-0.3, -0.25) is 9.59 Å². The van der Waals surface area contributed by atoms with Crippen molar-refractivity contribution in [3.05, 3.63) is 41.5 Å². The summed E-state index contributed by atoms with van der Waals surface area (Å²) in [6, 6.07) is 6.60. The lowest BCUT2D eigenvalue weighted by molar-refractivity contribution is -0.143. The van der Waals surface area contributed by atoms with E-state index < -0.39 is 24.2 Å². The van der Waals surface area contributed by atoms with Gasteiger partial charge in [0.15, 0.2) is 0 Å². The molecule has 0 radical (unpaired) electrons. The summed E-state index contributed by atoms with van der Waals surface area (Å²) in [5.74, 6) is -0.501. The third-order valence-corrected chi connectivity index (χ3v) is 6.41. The van der Waals surface area contributed by atoms with Crippen molar-refractivity contribution in [2.24, 2.45) is 0 Å². The van der Waals surface area contributed by atoms with Gasteiger partial charge >= 0.3 is 0 Å². The molecule has 33 heavy (non-hydrogen) atoms. The van der Waals surface area contributed by atoms with Crippen LogP contribution in [0.25, 0.3) is 0 Å². The first-order valence-corrected chi connectivity index (χ1v) is 11.6. The number of fused-ring (bicyclic) bond motifs is 3. The molecule has 0 saturated carbocycles. The minimum atomic E-state index is -1.05. The van der Waals surface area contributed by atoms with Gasteiger partial charge in [0.25, 0.3) is 0 Å². The first kappa shape index (κ1) is 23.7. The van der Waals surface area contributed by atoms with E-state index >= 15 is 0 Å². The number of rotatable bonds is 9. The van der Waals surface area contributed by atoms with E-state index in [1.165, 1.54) is 0 Å². The smallest absolute Gasteiger partial charge is 0.249 e. The third-order valence-electron chi connectivity index (χ3n) is 6.41. The number of aliphatic hydroxyl groups excluding tert-OH is 2. The number of hydrogen-bond donors (Lipinski definition) is 3. The minimum Gasteiger partial charge on any atom is -0.486 e. The summed E-state index contributed by atoms with van der Waals surface area (Å²) < 4.78 is 17.2. The van der Waals surface area contributed by atoms with E-state index in [0.29, 0.717) is 31.1 Å². The molecule has 1 aliphatic carbocycles. The summed E-state index contributed by atoms with van der Waals surface area (Å²) in [4.78, 5) is 27.8. The highest BCUT2D eigenvalue weighted by molar-refractivity contribution is 5.96. The Kier molecular flexibility index (Phi) is 7.64. The van der Waals surface area contributed by atoms with Crippen LogP contribution < -0.4 is 10.1 Å². The lowest BCUT2D eigenvalue weighted by Crippen LogP contribution is -2.57. The quantitative estimate of drug-likeness (QED) is 0.487. The number of benzene rings is 1. The van der Waals surface area contributed by atoms with Gasteiger partial charge < -0.3 is 34.6 Å². The van der Waals surface area contributed by atoms with Crippen molar-refractivity contribution in [3.63, 3.8) is 0 Å². The molecular weight excluding hydrogens is 428 g/mol. The molecule has 9 nitrogen and oxygen atoms in total. The van der Waals surface area contributed by atoms with Crippen molar-refractivity contribution in [1.82, 2.24) is 10.2 Å². The second-order valence-electron chi connectivity index (χ2n) is 8.50. The molecule has 0 aromatic heterocycles. The number of nitrogens with one attached hydrogen (secondary N) is 1. The first-order valence-electron chi connectivity index (χ1n) is 11.6. The van der Waals surface area contributed by atoms with Crippen LogP contribution in [0.1, 0.15) is 31.2 Å². The summed E-state index contributed by atoms with van der Waals surface area (Å²) in [5.41, 5.74) is 1.23. The third kappa shape index (κ3) is 4.91. The van der Waals surface area contributed by atoms with Crippen LogP contribution in [0.3, 0.4) is 0 Å². The summed E-state index contributed by atoms with van der Waals surface area (Å²) in [7, 11) is 0. The molecular formula is C24H32N2O7. The number of hydrogen-bond acceptors (Lipinski definition) is 7. The fraction of sp³-hybridized carbons (Fsp3) is 0.583. The molecule has 1 fully saturated rings. The Bertz CT molecular complexity index is 883. The predicted molar refractivity (Wildman–Crippen MR) is 119 cm³/mol. The van der Waals surface area contributed by atoms with Crippen LogP contribution in [0.4, 0.5) is 0 Å². The van der Waals surface area contributed by atoms with Crippen LogP contribution in [0.5, 0.6) is 5.75 Å². The molecule has 0 spiro atoms. The van der Waals surface area contributed by atoms with Gasteiger partial charge in [0.1, 0.15) is 24.6 Å². The second kappa shape index (κ2) is 10.6. The number of para-hydroxylation sites is 1. The zero-order valence-electron chi connectivity index (χ0n) is 18.8. The summed E-state index contributed by atoms with van der Waals surface area (Å²) in [6.45, 7) is 2.92. The lowest BCUT2D eigenvalue weighted by atomic mass is 9.77. The van der Waals surface area contributed by atoms with Gasteiger partial charge in [0.05, 0.1) is 24.7 Å². The van der Waals surface area contributed by atoms with E-state index in [-0.39, 0.29) is 37.7 Å². The Morgan fingerprint density at radius 3 is 2.85 bits per heavy atom. The molecule has 2 heterocycles. The molecule has 4 rings (SSSR count). The van der Waals surface area contributed by atoms with E-state index in [2.05, 4.69) is 5.32 Å². The normalized spacial score (nSPS) is 27.8. The molecule has 1 saturated heterocycles. The molecule has 0 bridgehead atoms. The maximum absolute atomic E-state index is 13.1. The zero-order chi connectivity index (χ0) is 23.4. The van der Waals surface area contributed by atoms with Crippen molar-refractivity contribution in [2.75, 3.05) is 39.5 Å². The van der Waals surface area contributed by atoms with Crippen molar-refractivity contribution in [1.29, 1.82) is 0 Å². The number of aliphatic hydroxyl groups is 2. The average Bonchev–Trinajstić information content (AvgIpc) is 3.48. The SMILES string of the molecule is CCOCC(=O)N(C[C@@H]1CCCO1)[C@@H]1C=C(C(=O)NCCO)[C@@H]2c3ccccc3O[C@@H]2[C@H]1O. The Balaban J connectivity index is 1.70. The molecule has 1 aromatic rings. The number of carbonyl (C=O) groups is 2. The van der Waals surface area contributed by atoms with Crippen molar-refractivity contribution >= 4 is 11.8 Å². The van der Waals surface area contributed by atoms with Crippen LogP contribution in [0.15, 0.2) is 35.9 Å². The number of carbonyl (C=O) groups excluding carboxylic acids is 2. The zero-order valence-corrected chi connectivity index (χ0v) is 18.8. The van der Waals surface area contributed by atoms with Crippen molar-refractivity contribution in [3.8, 4) is 5.75 Å². The molecule has 2 aliphatic heterocycles.